The molecule has 0 saturated heterocycles. The molecule has 0 atom stereocenters. The van der Waals surface area contributed by atoms with Crippen molar-refractivity contribution in [1.82, 2.24) is 0 Å². The van der Waals surface area contributed by atoms with Crippen molar-refractivity contribution in [2.45, 2.75) is 25.7 Å². The first kappa shape index (κ1) is 13.0. The molecule has 0 saturated carbocycles. The minimum Gasteiger partial charge on any atom is -0.495 e. The van der Waals surface area contributed by atoms with Gasteiger partial charge in [-0.05, 0) is 61.1 Å². The number of benzene rings is 2. The molecule has 0 spiro atoms. The molecule has 0 amide bonds. The fourth-order valence-electron chi connectivity index (χ4n) is 2.97. The lowest BCUT2D eigenvalue weighted by Gasteiger charge is -2.24. The van der Waals surface area contributed by atoms with Crippen LogP contribution in [-0.4, -0.2) is 14.2 Å². The fraction of sp³-hybridized carbons (Fsp3) is 0.333. The summed E-state index contributed by atoms with van der Waals surface area (Å²) in [4.78, 5) is 2.20. The number of para-hydroxylation sites is 2. The molecule has 2 aromatic carbocycles. The first-order valence-corrected chi connectivity index (χ1v) is 7.28. The standard InChI is InChI=1S/C18H21NO/c1-19(17-9-5-6-10-18(17)20-2)16-12-11-14-7-3-4-8-15(14)13-16/h5-6,9-13H,3-4,7-8H2,1-2H3. The zero-order valence-electron chi connectivity index (χ0n) is 12.2. The van der Waals surface area contributed by atoms with Crippen molar-refractivity contribution in [3.05, 3.63) is 53.6 Å². The number of nitrogens with zero attached hydrogens (tertiary/aromatic N) is 1. The second kappa shape index (κ2) is 5.58. The van der Waals surface area contributed by atoms with Gasteiger partial charge in [0.2, 0.25) is 0 Å². The smallest absolute Gasteiger partial charge is 0.142 e. The third kappa shape index (κ3) is 2.38. The summed E-state index contributed by atoms with van der Waals surface area (Å²) in [6.45, 7) is 0. The van der Waals surface area contributed by atoms with Crippen molar-refractivity contribution in [2.24, 2.45) is 0 Å². The zero-order valence-corrected chi connectivity index (χ0v) is 12.2. The van der Waals surface area contributed by atoms with E-state index in [0.29, 0.717) is 0 Å². The Morgan fingerprint density at radius 3 is 2.50 bits per heavy atom. The van der Waals surface area contributed by atoms with Crippen LogP contribution in [0.5, 0.6) is 5.75 Å². The van der Waals surface area contributed by atoms with Crippen molar-refractivity contribution in [3.63, 3.8) is 0 Å². The van der Waals surface area contributed by atoms with Crippen LogP contribution in [0.25, 0.3) is 0 Å². The molecular weight excluding hydrogens is 246 g/mol. The second-order valence-electron chi connectivity index (χ2n) is 5.39. The molecule has 104 valence electrons. The molecule has 0 aromatic heterocycles. The molecule has 2 heteroatoms. The van der Waals surface area contributed by atoms with Crippen molar-refractivity contribution in [3.8, 4) is 5.75 Å². The maximum absolute atomic E-state index is 5.46. The van der Waals surface area contributed by atoms with Gasteiger partial charge in [-0.25, -0.2) is 0 Å². The van der Waals surface area contributed by atoms with E-state index in [1.54, 1.807) is 7.11 Å². The van der Waals surface area contributed by atoms with Crippen LogP contribution >= 0.6 is 0 Å². The normalized spacial score (nSPS) is 13.7. The number of hydrogen-bond donors (Lipinski definition) is 0. The van der Waals surface area contributed by atoms with Gasteiger partial charge in [-0.15, -0.1) is 0 Å². The topological polar surface area (TPSA) is 12.5 Å². The number of hydrogen-bond acceptors (Lipinski definition) is 2. The lowest BCUT2D eigenvalue weighted by molar-refractivity contribution is 0.415. The number of methoxy groups -OCH3 is 1. The molecule has 2 aromatic rings. The number of anilines is 2. The number of ether oxygens (including phenoxy) is 1. The van der Waals surface area contributed by atoms with Gasteiger partial charge in [0.05, 0.1) is 12.8 Å². The van der Waals surface area contributed by atoms with Gasteiger partial charge >= 0.3 is 0 Å². The SMILES string of the molecule is COc1ccccc1N(C)c1ccc2c(c1)CCCC2. The Labute approximate surface area is 121 Å². The molecule has 0 bridgehead atoms. The summed E-state index contributed by atoms with van der Waals surface area (Å²) in [6, 6.07) is 15.0. The Morgan fingerprint density at radius 1 is 0.950 bits per heavy atom. The van der Waals surface area contributed by atoms with Gasteiger partial charge in [-0.2, -0.15) is 0 Å². The van der Waals surface area contributed by atoms with Crippen LogP contribution in [-0.2, 0) is 12.8 Å². The maximum atomic E-state index is 5.46. The summed E-state index contributed by atoms with van der Waals surface area (Å²) in [7, 11) is 3.82. The predicted octanol–water partition coefficient (Wildman–Crippen LogP) is 4.34. The van der Waals surface area contributed by atoms with E-state index >= 15 is 0 Å². The minimum atomic E-state index is 0.910. The second-order valence-corrected chi connectivity index (χ2v) is 5.39. The van der Waals surface area contributed by atoms with Crippen LogP contribution in [0.15, 0.2) is 42.5 Å². The van der Waals surface area contributed by atoms with E-state index < -0.39 is 0 Å². The predicted molar refractivity (Wildman–Crippen MR) is 84.1 cm³/mol. The average Bonchev–Trinajstić information content (AvgIpc) is 2.53. The zero-order chi connectivity index (χ0) is 13.9. The third-order valence-electron chi connectivity index (χ3n) is 4.17. The Bertz CT molecular complexity index is 606. The van der Waals surface area contributed by atoms with Crippen LogP contribution in [0.4, 0.5) is 11.4 Å². The van der Waals surface area contributed by atoms with Crippen LogP contribution < -0.4 is 9.64 Å². The van der Waals surface area contributed by atoms with Crippen LogP contribution in [0, 0.1) is 0 Å². The molecule has 0 unspecified atom stereocenters. The maximum Gasteiger partial charge on any atom is 0.142 e. The van der Waals surface area contributed by atoms with Crippen molar-refractivity contribution in [2.75, 3.05) is 19.1 Å². The lowest BCUT2D eigenvalue weighted by atomic mass is 9.91. The number of rotatable bonds is 3. The van der Waals surface area contributed by atoms with E-state index in [-0.39, 0.29) is 0 Å². The van der Waals surface area contributed by atoms with Crippen molar-refractivity contribution < 1.29 is 4.74 Å². The largest absolute Gasteiger partial charge is 0.495 e. The molecule has 0 aliphatic heterocycles. The fourth-order valence-corrected chi connectivity index (χ4v) is 2.97. The van der Waals surface area contributed by atoms with Gasteiger partial charge in [0, 0.05) is 12.7 Å². The molecule has 0 heterocycles. The average molecular weight is 267 g/mol. The summed E-state index contributed by atoms with van der Waals surface area (Å²) < 4.78 is 5.46. The van der Waals surface area contributed by atoms with Crippen LogP contribution in [0.3, 0.4) is 0 Å². The van der Waals surface area contributed by atoms with E-state index in [0.717, 1.165) is 11.4 Å². The van der Waals surface area contributed by atoms with E-state index in [1.165, 1.54) is 42.5 Å². The highest BCUT2D eigenvalue weighted by Crippen LogP contribution is 2.34. The lowest BCUT2D eigenvalue weighted by Crippen LogP contribution is -2.12. The van der Waals surface area contributed by atoms with Crippen LogP contribution in [0.1, 0.15) is 24.0 Å². The number of aryl methyl sites for hydroxylation is 2. The van der Waals surface area contributed by atoms with E-state index in [4.69, 9.17) is 4.74 Å². The summed E-state index contributed by atoms with van der Waals surface area (Å²) >= 11 is 0. The van der Waals surface area contributed by atoms with Gasteiger partial charge in [-0.3, -0.25) is 0 Å². The third-order valence-corrected chi connectivity index (χ3v) is 4.17. The minimum absolute atomic E-state index is 0.910. The molecular formula is C18H21NO. The first-order chi connectivity index (χ1) is 9.79. The molecule has 3 rings (SSSR count). The highest BCUT2D eigenvalue weighted by atomic mass is 16.5. The summed E-state index contributed by atoms with van der Waals surface area (Å²) in [5, 5.41) is 0. The Balaban J connectivity index is 1.96. The number of fused-ring (bicyclic) bond motifs is 1. The Kier molecular flexibility index (Phi) is 3.64. The molecule has 1 aliphatic rings. The molecule has 0 fully saturated rings. The highest BCUT2D eigenvalue weighted by Gasteiger charge is 2.13. The highest BCUT2D eigenvalue weighted by molar-refractivity contribution is 5.69. The molecule has 1 aliphatic carbocycles. The Morgan fingerprint density at radius 2 is 1.70 bits per heavy atom. The van der Waals surface area contributed by atoms with Gasteiger partial charge in [-0.1, -0.05) is 18.2 Å². The van der Waals surface area contributed by atoms with Crippen LogP contribution in [0.2, 0.25) is 0 Å². The van der Waals surface area contributed by atoms with Crippen molar-refractivity contribution in [1.29, 1.82) is 0 Å². The molecule has 2 nitrogen and oxygen atoms in total. The van der Waals surface area contributed by atoms with Gasteiger partial charge in [0.1, 0.15) is 5.75 Å². The molecule has 20 heavy (non-hydrogen) atoms. The summed E-state index contributed by atoms with van der Waals surface area (Å²) in [6.07, 6.45) is 5.08. The van der Waals surface area contributed by atoms with Gasteiger partial charge < -0.3 is 9.64 Å². The van der Waals surface area contributed by atoms with Gasteiger partial charge in [0.25, 0.3) is 0 Å². The van der Waals surface area contributed by atoms with E-state index in [9.17, 15) is 0 Å². The summed E-state index contributed by atoms with van der Waals surface area (Å²) in [5.74, 6) is 0.910. The monoisotopic (exact) mass is 267 g/mol. The van der Waals surface area contributed by atoms with E-state index in [1.807, 2.05) is 18.2 Å². The molecule has 0 N–H and O–H groups in total. The van der Waals surface area contributed by atoms with E-state index in [2.05, 4.69) is 36.2 Å². The first-order valence-electron chi connectivity index (χ1n) is 7.28. The van der Waals surface area contributed by atoms with Gasteiger partial charge in [0.15, 0.2) is 0 Å². The Hall–Kier alpha value is -1.96. The summed E-state index contributed by atoms with van der Waals surface area (Å²) in [5.41, 5.74) is 5.37. The quantitative estimate of drug-likeness (QED) is 0.820. The van der Waals surface area contributed by atoms with Crippen molar-refractivity contribution >= 4 is 11.4 Å². The molecule has 0 radical (unpaired) electrons.